The van der Waals surface area contributed by atoms with Crippen LogP contribution in [0.3, 0.4) is 0 Å². The summed E-state index contributed by atoms with van der Waals surface area (Å²) in [5, 5.41) is 3.11. The van der Waals surface area contributed by atoms with Gasteiger partial charge < -0.3 is 5.32 Å². The van der Waals surface area contributed by atoms with Gasteiger partial charge >= 0.3 is 0 Å². The first-order chi connectivity index (χ1) is 8.59. The average molecular weight is 331 g/mol. The third kappa shape index (κ3) is 4.52. The smallest absolute Gasteiger partial charge is 0.258 e. The van der Waals surface area contributed by atoms with Gasteiger partial charge in [-0.1, -0.05) is 17.7 Å². The van der Waals surface area contributed by atoms with Crippen LogP contribution in [-0.4, -0.2) is 37.5 Å². The molecule has 1 aromatic rings. The zero-order valence-electron chi connectivity index (χ0n) is 11.1. The zero-order chi connectivity index (χ0) is 13.1. The van der Waals surface area contributed by atoms with Gasteiger partial charge in [-0.15, -0.1) is 24.8 Å². The summed E-state index contributed by atoms with van der Waals surface area (Å²) in [6.07, 6.45) is -2.58. The van der Waals surface area contributed by atoms with Gasteiger partial charge in [0, 0.05) is 31.7 Å². The minimum absolute atomic E-state index is 0. The standard InChI is InChI=1S/C13H17F3N2.2ClH/c1-9-2-3-11(14)10(8-9)12(13(15)16)18-6-4-17-5-7-18;;/h2-3,8,12-13,17H,4-7H2,1H3;2*1H/t12-;;/m0../s1. The summed E-state index contributed by atoms with van der Waals surface area (Å²) in [5.74, 6) is -0.551. The SMILES string of the molecule is Cc1ccc(F)c([C@@H](C(F)F)N2CCNCC2)c1.Cl.Cl. The van der Waals surface area contributed by atoms with Crippen LogP contribution in [-0.2, 0) is 0 Å². The van der Waals surface area contributed by atoms with Crippen LogP contribution < -0.4 is 5.32 Å². The van der Waals surface area contributed by atoms with E-state index >= 15 is 0 Å². The van der Waals surface area contributed by atoms with Crippen LogP contribution in [0.1, 0.15) is 17.2 Å². The molecule has 0 radical (unpaired) electrons. The Kier molecular flexibility index (Phi) is 8.51. The Morgan fingerprint density at radius 1 is 1.15 bits per heavy atom. The van der Waals surface area contributed by atoms with Crippen molar-refractivity contribution in [2.75, 3.05) is 26.2 Å². The van der Waals surface area contributed by atoms with Gasteiger partial charge in [0.1, 0.15) is 5.82 Å². The van der Waals surface area contributed by atoms with E-state index in [1.807, 2.05) is 0 Å². The number of nitrogens with zero attached hydrogens (tertiary/aromatic N) is 1. The fourth-order valence-corrected chi connectivity index (χ4v) is 2.34. The van der Waals surface area contributed by atoms with E-state index in [2.05, 4.69) is 5.32 Å². The van der Waals surface area contributed by atoms with E-state index in [0.29, 0.717) is 26.2 Å². The number of aryl methyl sites for hydroxylation is 1. The van der Waals surface area contributed by atoms with Crippen LogP contribution >= 0.6 is 24.8 Å². The fourth-order valence-electron chi connectivity index (χ4n) is 2.34. The molecule has 1 heterocycles. The summed E-state index contributed by atoms with van der Waals surface area (Å²) < 4.78 is 40.3. The van der Waals surface area contributed by atoms with Gasteiger partial charge in [0.15, 0.2) is 0 Å². The number of piperazine rings is 1. The third-order valence-electron chi connectivity index (χ3n) is 3.25. The van der Waals surface area contributed by atoms with E-state index < -0.39 is 18.3 Å². The largest absolute Gasteiger partial charge is 0.314 e. The molecule has 0 unspecified atom stereocenters. The minimum atomic E-state index is -2.58. The van der Waals surface area contributed by atoms with Crippen LogP contribution in [0.4, 0.5) is 13.2 Å². The lowest BCUT2D eigenvalue weighted by Crippen LogP contribution is -2.47. The number of alkyl halides is 2. The van der Waals surface area contributed by atoms with Gasteiger partial charge in [-0.05, 0) is 13.0 Å². The predicted octanol–water partition coefficient (Wildman–Crippen LogP) is 3.19. The highest BCUT2D eigenvalue weighted by molar-refractivity contribution is 5.85. The monoisotopic (exact) mass is 330 g/mol. The zero-order valence-corrected chi connectivity index (χ0v) is 12.7. The van der Waals surface area contributed by atoms with E-state index in [1.54, 1.807) is 17.9 Å². The second-order valence-electron chi connectivity index (χ2n) is 4.59. The summed E-state index contributed by atoms with van der Waals surface area (Å²) in [4.78, 5) is 1.65. The van der Waals surface area contributed by atoms with Crippen LogP contribution in [0.5, 0.6) is 0 Å². The van der Waals surface area contributed by atoms with E-state index in [1.165, 1.54) is 12.1 Å². The van der Waals surface area contributed by atoms with Crippen molar-refractivity contribution in [3.05, 3.63) is 35.1 Å². The molecule has 0 amide bonds. The molecule has 1 aliphatic rings. The Bertz CT molecular complexity index is 413. The van der Waals surface area contributed by atoms with Crippen LogP contribution in [0.15, 0.2) is 18.2 Å². The van der Waals surface area contributed by atoms with Crippen molar-refractivity contribution in [2.24, 2.45) is 0 Å². The number of rotatable bonds is 3. The molecule has 0 aromatic heterocycles. The highest BCUT2D eigenvalue weighted by Crippen LogP contribution is 2.30. The summed E-state index contributed by atoms with van der Waals surface area (Å²) in [6.45, 7) is 4.14. The molecule has 1 saturated heterocycles. The Hall–Kier alpha value is -0.490. The van der Waals surface area contributed by atoms with Crippen molar-refractivity contribution in [3.8, 4) is 0 Å². The highest BCUT2D eigenvalue weighted by Gasteiger charge is 2.32. The van der Waals surface area contributed by atoms with Crippen molar-refractivity contribution in [3.63, 3.8) is 0 Å². The third-order valence-corrected chi connectivity index (χ3v) is 3.25. The predicted molar refractivity (Wildman–Crippen MR) is 78.8 cm³/mol. The van der Waals surface area contributed by atoms with Crippen molar-refractivity contribution in [2.45, 2.75) is 19.4 Å². The maximum atomic E-state index is 13.8. The first-order valence-corrected chi connectivity index (χ1v) is 6.08. The number of hydrogen-bond acceptors (Lipinski definition) is 2. The van der Waals surface area contributed by atoms with E-state index in [0.717, 1.165) is 5.56 Å². The summed E-state index contributed by atoms with van der Waals surface area (Å²) >= 11 is 0. The molecule has 0 saturated carbocycles. The van der Waals surface area contributed by atoms with Crippen molar-refractivity contribution >= 4 is 24.8 Å². The molecule has 1 atom stereocenters. The van der Waals surface area contributed by atoms with Gasteiger partial charge in [0.05, 0.1) is 6.04 Å². The van der Waals surface area contributed by atoms with E-state index in [9.17, 15) is 13.2 Å². The van der Waals surface area contributed by atoms with Gasteiger partial charge in [-0.2, -0.15) is 0 Å². The molecular formula is C13H19Cl2F3N2. The maximum Gasteiger partial charge on any atom is 0.258 e. The van der Waals surface area contributed by atoms with E-state index in [4.69, 9.17) is 0 Å². The molecule has 20 heavy (non-hydrogen) atoms. The van der Waals surface area contributed by atoms with Crippen molar-refractivity contribution in [1.29, 1.82) is 0 Å². The summed E-state index contributed by atoms with van der Waals surface area (Å²) in [5.41, 5.74) is 0.902. The van der Waals surface area contributed by atoms with Gasteiger partial charge in [0.25, 0.3) is 6.43 Å². The molecule has 1 aromatic carbocycles. The van der Waals surface area contributed by atoms with Crippen LogP contribution in [0.2, 0.25) is 0 Å². The Morgan fingerprint density at radius 3 is 2.30 bits per heavy atom. The second-order valence-corrected chi connectivity index (χ2v) is 4.59. The van der Waals surface area contributed by atoms with Gasteiger partial charge in [0.2, 0.25) is 0 Å². The lowest BCUT2D eigenvalue weighted by Gasteiger charge is -2.34. The van der Waals surface area contributed by atoms with Gasteiger partial charge in [-0.3, -0.25) is 4.90 Å². The molecule has 0 aliphatic carbocycles. The molecule has 116 valence electrons. The molecule has 1 aliphatic heterocycles. The number of hydrogen-bond donors (Lipinski definition) is 1. The highest BCUT2D eigenvalue weighted by atomic mass is 35.5. The molecule has 1 N–H and O–H groups in total. The first-order valence-electron chi connectivity index (χ1n) is 6.08. The number of halogens is 5. The summed E-state index contributed by atoms with van der Waals surface area (Å²) in [6, 6.07) is 3.24. The van der Waals surface area contributed by atoms with E-state index in [-0.39, 0.29) is 30.4 Å². The molecule has 0 spiro atoms. The van der Waals surface area contributed by atoms with Crippen molar-refractivity contribution in [1.82, 2.24) is 10.2 Å². The minimum Gasteiger partial charge on any atom is -0.314 e. The Balaban J connectivity index is 0.00000180. The second kappa shape index (κ2) is 8.72. The van der Waals surface area contributed by atoms with Crippen LogP contribution in [0, 0.1) is 12.7 Å². The Morgan fingerprint density at radius 2 is 1.75 bits per heavy atom. The lowest BCUT2D eigenvalue weighted by molar-refractivity contribution is 0.0164. The first kappa shape index (κ1) is 19.5. The normalized spacial score (nSPS) is 17.2. The lowest BCUT2D eigenvalue weighted by atomic mass is 10.0. The molecular weight excluding hydrogens is 312 g/mol. The van der Waals surface area contributed by atoms with Crippen LogP contribution in [0.25, 0.3) is 0 Å². The van der Waals surface area contributed by atoms with Crippen molar-refractivity contribution < 1.29 is 13.2 Å². The Labute approximate surface area is 129 Å². The number of benzene rings is 1. The quantitative estimate of drug-likeness (QED) is 0.915. The average Bonchev–Trinajstić information content (AvgIpc) is 2.35. The molecule has 7 heteroatoms. The van der Waals surface area contributed by atoms with Gasteiger partial charge in [-0.25, -0.2) is 13.2 Å². The summed E-state index contributed by atoms with van der Waals surface area (Å²) in [7, 11) is 0. The topological polar surface area (TPSA) is 15.3 Å². The molecule has 2 nitrogen and oxygen atoms in total. The fraction of sp³-hybridized carbons (Fsp3) is 0.538. The number of nitrogens with one attached hydrogen (secondary N) is 1. The molecule has 1 fully saturated rings. The maximum absolute atomic E-state index is 13.8. The molecule has 2 rings (SSSR count). The molecule has 0 bridgehead atoms.